The predicted octanol–water partition coefficient (Wildman–Crippen LogP) is 2.32. The smallest absolute Gasteiger partial charge is 0.228 e. The second kappa shape index (κ2) is 5.82. The lowest BCUT2D eigenvalue weighted by Crippen LogP contribution is -2.53. The number of carbonyl (C=O) groups is 1. The first-order chi connectivity index (χ1) is 10.8. The lowest BCUT2D eigenvalue weighted by atomic mass is 10.2. The van der Waals surface area contributed by atoms with Gasteiger partial charge in [0.15, 0.2) is 0 Å². The maximum absolute atomic E-state index is 12.5. The summed E-state index contributed by atoms with van der Waals surface area (Å²) < 4.78 is 0. The van der Waals surface area contributed by atoms with E-state index in [-0.39, 0.29) is 5.91 Å². The molecule has 4 nitrogen and oxygen atoms in total. The Kier molecular flexibility index (Phi) is 3.68. The molecule has 2 aromatic rings. The topological polar surface area (TPSA) is 45.2 Å². The Balaban J connectivity index is 1.43. The van der Waals surface area contributed by atoms with E-state index in [4.69, 9.17) is 0 Å². The summed E-state index contributed by atoms with van der Waals surface area (Å²) in [5, 5.41) is 6.56. The molecule has 0 spiro atoms. The van der Waals surface area contributed by atoms with Crippen LogP contribution in [0.2, 0.25) is 0 Å². The highest BCUT2D eigenvalue weighted by atomic mass is 32.1. The summed E-state index contributed by atoms with van der Waals surface area (Å²) in [6, 6.07) is 11.1. The number of aromatic nitrogens is 1. The summed E-state index contributed by atoms with van der Waals surface area (Å²) in [6.45, 7) is 1.70. The third kappa shape index (κ3) is 2.78. The van der Waals surface area contributed by atoms with Gasteiger partial charge in [-0.15, -0.1) is 11.3 Å². The Morgan fingerprint density at radius 3 is 2.68 bits per heavy atom. The summed E-state index contributed by atoms with van der Waals surface area (Å²) in [5.41, 5.74) is 2.01. The second-order valence-electron chi connectivity index (χ2n) is 6.12. The van der Waals surface area contributed by atoms with Crippen LogP contribution in [0.25, 0.3) is 10.6 Å². The number of amides is 1. The van der Waals surface area contributed by atoms with Crippen molar-refractivity contribution in [3.8, 4) is 10.6 Å². The Bertz CT molecular complexity index is 658. The van der Waals surface area contributed by atoms with Gasteiger partial charge in [0.05, 0.1) is 12.1 Å². The van der Waals surface area contributed by atoms with Crippen LogP contribution in [0.5, 0.6) is 0 Å². The summed E-state index contributed by atoms with van der Waals surface area (Å²) in [6.07, 6.45) is 2.81. The fraction of sp³-hybridized carbons (Fsp3) is 0.412. The van der Waals surface area contributed by atoms with Crippen LogP contribution in [-0.2, 0) is 11.2 Å². The van der Waals surface area contributed by atoms with Gasteiger partial charge >= 0.3 is 0 Å². The van der Waals surface area contributed by atoms with Gasteiger partial charge in [0.2, 0.25) is 5.91 Å². The fourth-order valence-corrected chi connectivity index (χ4v) is 4.19. The molecule has 114 valence electrons. The zero-order valence-corrected chi connectivity index (χ0v) is 13.2. The highest BCUT2D eigenvalue weighted by molar-refractivity contribution is 7.13. The first-order valence-electron chi connectivity index (χ1n) is 7.81. The van der Waals surface area contributed by atoms with Crippen molar-refractivity contribution in [1.29, 1.82) is 0 Å². The Labute approximate surface area is 134 Å². The van der Waals surface area contributed by atoms with E-state index in [0.29, 0.717) is 18.5 Å². The normalized spacial score (nSPS) is 23.7. The monoisotopic (exact) mass is 313 g/mol. The number of fused-ring (bicyclic) bond motifs is 2. The van der Waals surface area contributed by atoms with Crippen molar-refractivity contribution in [2.75, 3.05) is 13.1 Å². The minimum atomic E-state index is 0.211. The Morgan fingerprint density at radius 1 is 1.23 bits per heavy atom. The molecule has 0 saturated carbocycles. The molecule has 2 aliphatic rings. The van der Waals surface area contributed by atoms with Gasteiger partial charge in [0.25, 0.3) is 0 Å². The van der Waals surface area contributed by atoms with E-state index in [2.05, 4.69) is 22.4 Å². The number of thiazole rings is 1. The van der Waals surface area contributed by atoms with E-state index in [1.54, 1.807) is 11.3 Å². The first-order valence-corrected chi connectivity index (χ1v) is 8.69. The molecular weight excluding hydrogens is 294 g/mol. The molecule has 2 atom stereocenters. The second-order valence-corrected chi connectivity index (χ2v) is 6.98. The van der Waals surface area contributed by atoms with Gasteiger partial charge in [-0.1, -0.05) is 30.3 Å². The van der Waals surface area contributed by atoms with Crippen LogP contribution in [0.15, 0.2) is 35.7 Å². The molecule has 1 aromatic heterocycles. The van der Waals surface area contributed by atoms with Gasteiger partial charge in [-0.2, -0.15) is 0 Å². The van der Waals surface area contributed by atoms with Crippen molar-refractivity contribution in [2.45, 2.75) is 31.3 Å². The summed E-state index contributed by atoms with van der Waals surface area (Å²) in [5.74, 6) is 0.211. The molecule has 4 rings (SSSR count). The molecule has 5 heteroatoms. The van der Waals surface area contributed by atoms with Gasteiger partial charge in [-0.25, -0.2) is 4.98 Å². The Morgan fingerprint density at radius 2 is 1.95 bits per heavy atom. The van der Waals surface area contributed by atoms with Gasteiger partial charge in [0, 0.05) is 36.1 Å². The average molecular weight is 313 g/mol. The molecule has 22 heavy (non-hydrogen) atoms. The zero-order valence-electron chi connectivity index (χ0n) is 12.4. The third-order valence-corrected chi connectivity index (χ3v) is 5.41. The quantitative estimate of drug-likeness (QED) is 0.946. The Hall–Kier alpha value is -1.72. The standard InChI is InChI=1S/C17H19N3OS/c21-16(20-9-13-6-7-14(10-20)18-13)8-15-11-22-17(19-15)12-4-2-1-3-5-12/h1-5,11,13-14,18H,6-10H2. The molecule has 2 unspecified atom stereocenters. The number of nitrogens with zero attached hydrogens (tertiary/aromatic N) is 2. The first kappa shape index (κ1) is 13.9. The molecule has 1 aromatic carbocycles. The van der Waals surface area contributed by atoms with E-state index in [1.807, 2.05) is 28.5 Å². The van der Waals surface area contributed by atoms with Crippen molar-refractivity contribution < 1.29 is 4.79 Å². The van der Waals surface area contributed by atoms with Crippen molar-refractivity contribution in [2.24, 2.45) is 0 Å². The number of piperazine rings is 1. The van der Waals surface area contributed by atoms with Gasteiger partial charge in [-0.05, 0) is 12.8 Å². The minimum Gasteiger partial charge on any atom is -0.339 e. The minimum absolute atomic E-state index is 0.211. The molecule has 2 fully saturated rings. The fourth-order valence-electron chi connectivity index (χ4n) is 3.37. The van der Waals surface area contributed by atoms with Crippen LogP contribution >= 0.6 is 11.3 Å². The SMILES string of the molecule is O=C(Cc1csc(-c2ccccc2)n1)N1CC2CCC(C1)N2. The van der Waals surface area contributed by atoms with Crippen molar-refractivity contribution >= 4 is 17.2 Å². The molecule has 1 N–H and O–H groups in total. The van der Waals surface area contributed by atoms with Crippen LogP contribution in [0.4, 0.5) is 0 Å². The third-order valence-electron chi connectivity index (χ3n) is 4.47. The molecule has 3 heterocycles. The van der Waals surface area contributed by atoms with Crippen LogP contribution in [0, 0.1) is 0 Å². The summed E-state index contributed by atoms with van der Waals surface area (Å²) in [7, 11) is 0. The van der Waals surface area contributed by atoms with Gasteiger partial charge < -0.3 is 10.2 Å². The van der Waals surface area contributed by atoms with E-state index >= 15 is 0 Å². The number of hydrogen-bond acceptors (Lipinski definition) is 4. The zero-order chi connectivity index (χ0) is 14.9. The van der Waals surface area contributed by atoms with Crippen LogP contribution in [0.3, 0.4) is 0 Å². The number of likely N-dealkylation sites (tertiary alicyclic amines) is 1. The van der Waals surface area contributed by atoms with Crippen LogP contribution in [-0.4, -0.2) is 41.0 Å². The lowest BCUT2D eigenvalue weighted by Gasteiger charge is -2.32. The molecule has 0 aliphatic carbocycles. The van der Waals surface area contributed by atoms with E-state index < -0.39 is 0 Å². The van der Waals surface area contributed by atoms with Crippen LogP contribution in [0.1, 0.15) is 18.5 Å². The molecule has 2 bridgehead atoms. The molecular formula is C17H19N3OS. The van der Waals surface area contributed by atoms with Crippen molar-refractivity contribution in [3.63, 3.8) is 0 Å². The summed E-state index contributed by atoms with van der Waals surface area (Å²) >= 11 is 1.61. The average Bonchev–Trinajstić information content (AvgIpc) is 3.14. The molecule has 1 amide bonds. The largest absolute Gasteiger partial charge is 0.339 e. The van der Waals surface area contributed by atoms with E-state index in [1.165, 1.54) is 12.8 Å². The van der Waals surface area contributed by atoms with Gasteiger partial charge in [-0.3, -0.25) is 4.79 Å². The predicted molar refractivity (Wildman–Crippen MR) is 87.8 cm³/mol. The maximum Gasteiger partial charge on any atom is 0.228 e. The van der Waals surface area contributed by atoms with Crippen LogP contribution < -0.4 is 5.32 Å². The number of carbonyl (C=O) groups excluding carboxylic acids is 1. The summed E-state index contributed by atoms with van der Waals surface area (Å²) in [4.78, 5) is 19.1. The maximum atomic E-state index is 12.5. The molecule has 2 saturated heterocycles. The van der Waals surface area contributed by atoms with Crippen molar-refractivity contribution in [3.05, 3.63) is 41.4 Å². The molecule has 0 radical (unpaired) electrons. The van der Waals surface area contributed by atoms with Crippen molar-refractivity contribution in [1.82, 2.24) is 15.2 Å². The van der Waals surface area contributed by atoms with E-state index in [0.717, 1.165) is 29.4 Å². The van der Waals surface area contributed by atoms with E-state index in [9.17, 15) is 4.79 Å². The highest BCUT2D eigenvalue weighted by Crippen LogP contribution is 2.24. The highest BCUT2D eigenvalue weighted by Gasteiger charge is 2.34. The number of hydrogen-bond donors (Lipinski definition) is 1. The lowest BCUT2D eigenvalue weighted by molar-refractivity contribution is -0.131. The number of rotatable bonds is 3. The van der Waals surface area contributed by atoms with Gasteiger partial charge in [0.1, 0.15) is 5.01 Å². The number of nitrogens with one attached hydrogen (secondary N) is 1. The molecule has 2 aliphatic heterocycles. The number of benzene rings is 1.